The quantitative estimate of drug-likeness (QED) is 0.247. The molecule has 4 nitrogen and oxygen atoms in total. The van der Waals surface area contributed by atoms with E-state index in [0.29, 0.717) is 24.8 Å². The second-order valence-corrected chi connectivity index (χ2v) is 7.96. The average molecular weight is 576 g/mol. The summed E-state index contributed by atoms with van der Waals surface area (Å²) in [5.74, 6) is 2.53. The van der Waals surface area contributed by atoms with Gasteiger partial charge in [0, 0.05) is 31.1 Å². The van der Waals surface area contributed by atoms with Crippen molar-refractivity contribution in [3.8, 4) is 11.5 Å². The molecule has 0 spiro atoms. The van der Waals surface area contributed by atoms with E-state index in [9.17, 15) is 0 Å². The van der Waals surface area contributed by atoms with Gasteiger partial charge in [-0.3, -0.25) is 4.99 Å². The predicted molar refractivity (Wildman–Crippen MR) is 130 cm³/mol. The molecule has 0 aliphatic heterocycles. The van der Waals surface area contributed by atoms with Gasteiger partial charge in [0.2, 0.25) is 0 Å². The Balaban J connectivity index is 0.00000392. The normalized spacial score (nSPS) is 10.6. The lowest BCUT2D eigenvalue weighted by Crippen LogP contribution is -2.28. The van der Waals surface area contributed by atoms with Crippen LogP contribution in [0.2, 0.25) is 0 Å². The zero-order chi connectivity index (χ0) is 19.8. The molecule has 0 fully saturated rings. The topological polar surface area (TPSA) is 34.1 Å². The van der Waals surface area contributed by atoms with Crippen LogP contribution in [0.1, 0.15) is 5.56 Å². The van der Waals surface area contributed by atoms with E-state index in [1.54, 1.807) is 20.4 Å². The number of methoxy groups -OCH3 is 2. The number of hydrogen-bond acceptors (Lipinski definition) is 4. The van der Waals surface area contributed by atoms with Crippen molar-refractivity contribution in [1.82, 2.24) is 0 Å². The van der Waals surface area contributed by atoms with Gasteiger partial charge in [-0.25, -0.2) is 0 Å². The first-order valence-corrected chi connectivity index (χ1v) is 10.8. The van der Waals surface area contributed by atoms with Gasteiger partial charge in [-0.05, 0) is 61.7 Å². The summed E-state index contributed by atoms with van der Waals surface area (Å²) >= 11 is 18.8. The standard InChI is InChI=1S/C19H20Br2Cl2N2O2.ClH/c1-26-18-9-13(3-4-17(18)25(7-5-22)8-6-23)12-24-14-10-15(20)19(27-2)16(21)11-14;/h3-4,9-12H,5-8H2,1-2H3;1H. The zero-order valence-corrected chi connectivity index (χ0v) is 20.9. The molecule has 0 aliphatic carbocycles. The van der Waals surface area contributed by atoms with E-state index < -0.39 is 0 Å². The second-order valence-electron chi connectivity index (χ2n) is 5.50. The largest absolute Gasteiger partial charge is 0.495 e. The highest BCUT2D eigenvalue weighted by atomic mass is 79.9. The van der Waals surface area contributed by atoms with Crippen molar-refractivity contribution in [2.24, 2.45) is 4.99 Å². The molecule has 9 heteroatoms. The lowest BCUT2D eigenvalue weighted by atomic mass is 10.2. The second kappa shape index (κ2) is 12.8. The number of benzene rings is 2. The van der Waals surface area contributed by atoms with Crippen molar-refractivity contribution in [2.75, 3.05) is 44.0 Å². The fourth-order valence-electron chi connectivity index (χ4n) is 2.56. The van der Waals surface area contributed by atoms with Gasteiger partial charge in [0.25, 0.3) is 0 Å². The molecule has 2 aromatic rings. The maximum atomic E-state index is 5.91. The van der Waals surface area contributed by atoms with E-state index in [-0.39, 0.29) is 12.4 Å². The molecule has 2 aromatic carbocycles. The minimum Gasteiger partial charge on any atom is -0.495 e. The number of nitrogens with zero attached hydrogens (tertiary/aromatic N) is 2. The van der Waals surface area contributed by atoms with E-state index in [2.05, 4.69) is 41.8 Å². The van der Waals surface area contributed by atoms with Crippen LogP contribution in [0.4, 0.5) is 11.4 Å². The van der Waals surface area contributed by atoms with Gasteiger partial charge in [-0.15, -0.1) is 35.6 Å². The minimum absolute atomic E-state index is 0. The Morgan fingerprint density at radius 3 is 2.11 bits per heavy atom. The summed E-state index contributed by atoms with van der Waals surface area (Å²) in [4.78, 5) is 6.65. The number of aliphatic imine (C=N–C) groups is 1. The van der Waals surface area contributed by atoms with Crippen LogP contribution in [0.15, 0.2) is 44.3 Å². The van der Waals surface area contributed by atoms with Crippen molar-refractivity contribution >= 4 is 85.1 Å². The third-order valence-corrected chi connectivity index (χ3v) is 5.32. The lowest BCUT2D eigenvalue weighted by molar-refractivity contribution is 0.409. The van der Waals surface area contributed by atoms with Crippen LogP contribution >= 0.6 is 67.5 Å². The number of anilines is 1. The highest BCUT2D eigenvalue weighted by Gasteiger charge is 2.12. The highest BCUT2D eigenvalue weighted by Crippen LogP contribution is 2.37. The van der Waals surface area contributed by atoms with Crippen LogP contribution in [0.3, 0.4) is 0 Å². The molecule has 0 N–H and O–H groups in total. The van der Waals surface area contributed by atoms with E-state index >= 15 is 0 Å². The van der Waals surface area contributed by atoms with Crippen molar-refractivity contribution in [3.63, 3.8) is 0 Å². The Bertz CT molecular complexity index is 778. The Kier molecular flexibility index (Phi) is 11.6. The Labute approximate surface area is 198 Å². The Hall–Kier alpha value is -0.660. The Morgan fingerprint density at radius 2 is 1.61 bits per heavy atom. The molecule has 0 aromatic heterocycles. The fraction of sp³-hybridized carbons (Fsp3) is 0.316. The monoisotopic (exact) mass is 572 g/mol. The maximum absolute atomic E-state index is 5.91. The fourth-order valence-corrected chi connectivity index (χ4v) is 4.45. The first-order chi connectivity index (χ1) is 13.0. The van der Waals surface area contributed by atoms with Crippen LogP contribution in [0, 0.1) is 0 Å². The molecular formula is C19H21Br2Cl3N2O2. The van der Waals surface area contributed by atoms with Crippen LogP contribution in [0.5, 0.6) is 11.5 Å². The van der Waals surface area contributed by atoms with Gasteiger partial charge in [0.1, 0.15) is 11.5 Å². The van der Waals surface area contributed by atoms with Gasteiger partial charge in [0.15, 0.2) is 0 Å². The molecule has 2 rings (SSSR count). The highest BCUT2D eigenvalue weighted by molar-refractivity contribution is 9.11. The Morgan fingerprint density at radius 1 is 1.00 bits per heavy atom. The average Bonchev–Trinajstić information content (AvgIpc) is 2.66. The first-order valence-electron chi connectivity index (χ1n) is 8.16. The third-order valence-electron chi connectivity index (χ3n) is 3.80. The van der Waals surface area contributed by atoms with Gasteiger partial charge in [0.05, 0.1) is 34.5 Å². The summed E-state index contributed by atoms with van der Waals surface area (Å²) in [7, 11) is 3.27. The van der Waals surface area contributed by atoms with Crippen LogP contribution in [0.25, 0.3) is 0 Å². The van der Waals surface area contributed by atoms with Crippen LogP contribution in [-0.4, -0.2) is 45.3 Å². The van der Waals surface area contributed by atoms with E-state index in [4.69, 9.17) is 32.7 Å². The number of alkyl halides is 2. The first kappa shape index (κ1) is 25.4. The van der Waals surface area contributed by atoms with Crippen molar-refractivity contribution in [1.29, 1.82) is 0 Å². The summed E-state index contributed by atoms with van der Waals surface area (Å²) in [6.45, 7) is 1.40. The molecule has 0 amide bonds. The molecule has 0 aliphatic rings. The number of hydrogen-bond donors (Lipinski definition) is 0. The maximum Gasteiger partial charge on any atom is 0.147 e. The predicted octanol–water partition coefficient (Wildman–Crippen LogP) is 6.69. The molecule has 0 heterocycles. The number of halogens is 5. The van der Waals surface area contributed by atoms with Crippen molar-refractivity contribution in [2.45, 2.75) is 0 Å². The SMILES string of the molecule is COc1cc(C=Nc2cc(Br)c(OC)c(Br)c2)ccc1N(CCCl)CCCl.Cl. The lowest BCUT2D eigenvalue weighted by Gasteiger charge is -2.25. The zero-order valence-electron chi connectivity index (χ0n) is 15.4. The summed E-state index contributed by atoms with van der Waals surface area (Å²) in [6, 6.07) is 9.73. The van der Waals surface area contributed by atoms with Gasteiger partial charge >= 0.3 is 0 Å². The van der Waals surface area contributed by atoms with Gasteiger partial charge in [-0.2, -0.15) is 0 Å². The van der Waals surface area contributed by atoms with E-state index in [1.807, 2.05) is 30.3 Å². The smallest absolute Gasteiger partial charge is 0.147 e. The summed E-state index contributed by atoms with van der Waals surface area (Å²) in [5, 5.41) is 0. The molecule has 0 unspecified atom stereocenters. The summed E-state index contributed by atoms with van der Waals surface area (Å²) in [5.41, 5.74) is 2.68. The minimum atomic E-state index is 0. The summed E-state index contributed by atoms with van der Waals surface area (Å²) < 4.78 is 12.5. The molecule has 0 saturated heterocycles. The molecule has 154 valence electrons. The van der Waals surface area contributed by atoms with Crippen LogP contribution < -0.4 is 14.4 Å². The van der Waals surface area contributed by atoms with Gasteiger partial charge in [-0.1, -0.05) is 6.07 Å². The molecule has 0 bridgehead atoms. The molecular weight excluding hydrogens is 554 g/mol. The van der Waals surface area contributed by atoms with Gasteiger partial charge < -0.3 is 14.4 Å². The van der Waals surface area contributed by atoms with Crippen molar-refractivity contribution < 1.29 is 9.47 Å². The molecule has 0 atom stereocenters. The van der Waals surface area contributed by atoms with E-state index in [1.165, 1.54) is 0 Å². The molecule has 0 saturated carbocycles. The molecule has 0 radical (unpaired) electrons. The van der Waals surface area contributed by atoms with Crippen molar-refractivity contribution in [3.05, 3.63) is 44.8 Å². The number of rotatable bonds is 9. The third kappa shape index (κ3) is 6.70. The van der Waals surface area contributed by atoms with Crippen LogP contribution in [-0.2, 0) is 0 Å². The van der Waals surface area contributed by atoms with E-state index in [0.717, 1.165) is 37.4 Å². The summed E-state index contributed by atoms with van der Waals surface area (Å²) in [6.07, 6.45) is 1.79. The molecule has 28 heavy (non-hydrogen) atoms. The number of ether oxygens (including phenoxy) is 2.